The summed E-state index contributed by atoms with van der Waals surface area (Å²) in [6, 6.07) is 7.09. The monoisotopic (exact) mass is 316 g/mol. The van der Waals surface area contributed by atoms with Crippen LogP contribution in [0.2, 0.25) is 5.02 Å². The fourth-order valence-electron chi connectivity index (χ4n) is 1.88. The summed E-state index contributed by atoms with van der Waals surface area (Å²) < 4.78 is 32.3. The molecule has 0 saturated carbocycles. The van der Waals surface area contributed by atoms with Crippen LogP contribution in [-0.2, 0) is 0 Å². The standard InChI is InChI=1S/C15H12Cl2F2O/c1-8-5-11(12(16)7-13(8)18)15(17)10-4-3-9(20-2)6-14(10)19/h3-7,15H,1-2H3. The molecule has 1 atom stereocenters. The second kappa shape index (κ2) is 5.98. The molecule has 5 heteroatoms. The fourth-order valence-corrected chi connectivity index (χ4v) is 2.55. The first-order chi connectivity index (χ1) is 9.43. The van der Waals surface area contributed by atoms with Crippen molar-refractivity contribution in [2.24, 2.45) is 0 Å². The van der Waals surface area contributed by atoms with E-state index in [1.54, 1.807) is 13.0 Å². The lowest BCUT2D eigenvalue weighted by Crippen LogP contribution is -2.00. The number of aryl methyl sites for hydroxylation is 1. The van der Waals surface area contributed by atoms with Gasteiger partial charge in [0, 0.05) is 16.7 Å². The summed E-state index contributed by atoms with van der Waals surface area (Å²) in [5, 5.41) is -0.629. The van der Waals surface area contributed by atoms with Gasteiger partial charge in [0.05, 0.1) is 12.5 Å². The molecule has 20 heavy (non-hydrogen) atoms. The van der Waals surface area contributed by atoms with Crippen molar-refractivity contribution in [1.82, 2.24) is 0 Å². The van der Waals surface area contributed by atoms with Crippen LogP contribution in [0.3, 0.4) is 0 Å². The Morgan fingerprint density at radius 3 is 2.35 bits per heavy atom. The Morgan fingerprint density at radius 1 is 1.05 bits per heavy atom. The molecule has 2 aromatic rings. The van der Waals surface area contributed by atoms with Crippen LogP contribution in [0.1, 0.15) is 22.1 Å². The molecule has 0 aliphatic heterocycles. The van der Waals surface area contributed by atoms with Gasteiger partial charge in [-0.05, 0) is 36.2 Å². The van der Waals surface area contributed by atoms with Crippen molar-refractivity contribution < 1.29 is 13.5 Å². The Balaban J connectivity index is 2.46. The van der Waals surface area contributed by atoms with Gasteiger partial charge >= 0.3 is 0 Å². The number of hydrogen-bond donors (Lipinski definition) is 0. The van der Waals surface area contributed by atoms with E-state index in [1.807, 2.05) is 0 Å². The van der Waals surface area contributed by atoms with Gasteiger partial charge in [0.15, 0.2) is 0 Å². The molecule has 0 amide bonds. The van der Waals surface area contributed by atoms with Crippen molar-refractivity contribution in [3.63, 3.8) is 0 Å². The van der Waals surface area contributed by atoms with Crippen molar-refractivity contribution in [1.29, 1.82) is 0 Å². The number of methoxy groups -OCH3 is 1. The first kappa shape index (κ1) is 15.1. The lowest BCUT2D eigenvalue weighted by Gasteiger charge is -2.15. The summed E-state index contributed by atoms with van der Waals surface area (Å²) in [6.45, 7) is 1.60. The Kier molecular flexibility index (Phi) is 4.51. The normalized spacial score (nSPS) is 12.3. The van der Waals surface area contributed by atoms with Gasteiger partial charge in [0.25, 0.3) is 0 Å². The largest absolute Gasteiger partial charge is 0.497 e. The molecule has 1 nitrogen and oxygen atoms in total. The summed E-state index contributed by atoms with van der Waals surface area (Å²) in [4.78, 5) is 0. The van der Waals surface area contributed by atoms with Crippen LogP contribution >= 0.6 is 23.2 Å². The molecule has 0 fully saturated rings. The zero-order valence-corrected chi connectivity index (χ0v) is 12.4. The minimum absolute atomic E-state index is 0.170. The SMILES string of the molecule is COc1ccc(C(Cl)c2cc(C)c(F)cc2Cl)c(F)c1. The van der Waals surface area contributed by atoms with Gasteiger partial charge < -0.3 is 4.74 Å². The van der Waals surface area contributed by atoms with Gasteiger partial charge in [0.1, 0.15) is 17.4 Å². The van der Waals surface area contributed by atoms with E-state index in [-0.39, 0.29) is 10.6 Å². The van der Waals surface area contributed by atoms with Crippen LogP contribution in [0.4, 0.5) is 8.78 Å². The third-order valence-electron chi connectivity index (χ3n) is 3.03. The van der Waals surface area contributed by atoms with Crippen LogP contribution in [0.15, 0.2) is 30.3 Å². The van der Waals surface area contributed by atoms with Gasteiger partial charge in [-0.2, -0.15) is 0 Å². The molecule has 0 aromatic heterocycles. The second-order valence-corrected chi connectivity index (χ2v) is 5.22. The van der Waals surface area contributed by atoms with E-state index in [4.69, 9.17) is 27.9 Å². The van der Waals surface area contributed by atoms with E-state index in [9.17, 15) is 8.78 Å². The molecular weight excluding hydrogens is 305 g/mol. The van der Waals surface area contributed by atoms with Gasteiger partial charge in [-0.3, -0.25) is 0 Å². The number of benzene rings is 2. The van der Waals surface area contributed by atoms with Crippen LogP contribution in [0.25, 0.3) is 0 Å². The zero-order valence-electron chi connectivity index (χ0n) is 10.9. The first-order valence-corrected chi connectivity index (χ1v) is 6.68. The fraction of sp³-hybridized carbons (Fsp3) is 0.200. The summed E-state index contributed by atoms with van der Waals surface area (Å²) >= 11 is 12.3. The highest BCUT2D eigenvalue weighted by molar-refractivity contribution is 6.33. The van der Waals surface area contributed by atoms with Gasteiger partial charge in [-0.1, -0.05) is 17.7 Å². The molecule has 0 heterocycles. The number of ether oxygens (including phenoxy) is 1. The third kappa shape index (κ3) is 2.89. The van der Waals surface area contributed by atoms with E-state index in [2.05, 4.69) is 0 Å². The van der Waals surface area contributed by atoms with Gasteiger partial charge in [0.2, 0.25) is 0 Å². The van der Waals surface area contributed by atoms with E-state index < -0.39 is 17.0 Å². The third-order valence-corrected chi connectivity index (χ3v) is 3.83. The molecule has 1 unspecified atom stereocenters. The predicted octanol–water partition coefficient (Wildman–Crippen LogP) is 5.26. The van der Waals surface area contributed by atoms with Crippen LogP contribution < -0.4 is 4.74 Å². The predicted molar refractivity (Wildman–Crippen MR) is 76.8 cm³/mol. The number of rotatable bonds is 3. The first-order valence-electron chi connectivity index (χ1n) is 5.87. The average molecular weight is 317 g/mol. The molecule has 0 N–H and O–H groups in total. The van der Waals surface area contributed by atoms with E-state index in [0.717, 1.165) is 0 Å². The summed E-state index contributed by atoms with van der Waals surface area (Å²) in [6.07, 6.45) is 0. The summed E-state index contributed by atoms with van der Waals surface area (Å²) in [5.74, 6) is -0.517. The highest BCUT2D eigenvalue weighted by atomic mass is 35.5. The minimum Gasteiger partial charge on any atom is -0.497 e. The van der Waals surface area contributed by atoms with Crippen molar-refractivity contribution in [3.05, 3.63) is 63.7 Å². The maximum absolute atomic E-state index is 14.0. The van der Waals surface area contributed by atoms with E-state index >= 15 is 0 Å². The smallest absolute Gasteiger partial charge is 0.131 e. The van der Waals surface area contributed by atoms with E-state index in [1.165, 1.54) is 31.4 Å². The lowest BCUT2D eigenvalue weighted by molar-refractivity contribution is 0.410. The van der Waals surface area contributed by atoms with Gasteiger partial charge in [-0.15, -0.1) is 11.6 Å². The lowest BCUT2D eigenvalue weighted by atomic mass is 10.0. The average Bonchev–Trinajstić information content (AvgIpc) is 2.42. The molecule has 0 saturated heterocycles. The second-order valence-electron chi connectivity index (χ2n) is 4.37. The van der Waals surface area contributed by atoms with Gasteiger partial charge in [-0.25, -0.2) is 8.78 Å². The van der Waals surface area contributed by atoms with Crippen LogP contribution in [0, 0.1) is 18.6 Å². The molecule has 2 rings (SSSR count). The molecule has 0 spiro atoms. The minimum atomic E-state index is -0.798. The Labute approximate surface area is 126 Å². The molecule has 0 radical (unpaired) electrons. The van der Waals surface area contributed by atoms with Crippen molar-refractivity contribution in [2.45, 2.75) is 12.3 Å². The number of halogens is 4. The molecule has 0 aliphatic rings. The van der Waals surface area contributed by atoms with Crippen molar-refractivity contribution >= 4 is 23.2 Å². The van der Waals surface area contributed by atoms with Crippen LogP contribution in [-0.4, -0.2) is 7.11 Å². The summed E-state index contributed by atoms with van der Waals surface area (Å²) in [5.41, 5.74) is 1.14. The number of hydrogen-bond acceptors (Lipinski definition) is 1. The maximum Gasteiger partial charge on any atom is 0.131 e. The molecule has 2 aromatic carbocycles. The zero-order chi connectivity index (χ0) is 14.9. The highest BCUT2D eigenvalue weighted by Gasteiger charge is 2.19. The topological polar surface area (TPSA) is 9.23 Å². The molecule has 106 valence electrons. The Morgan fingerprint density at radius 2 is 1.75 bits per heavy atom. The van der Waals surface area contributed by atoms with Crippen molar-refractivity contribution in [2.75, 3.05) is 7.11 Å². The maximum atomic E-state index is 14.0. The highest BCUT2D eigenvalue weighted by Crippen LogP contribution is 2.36. The molecular formula is C15H12Cl2F2O. The van der Waals surface area contributed by atoms with Crippen molar-refractivity contribution in [3.8, 4) is 5.75 Å². The van der Waals surface area contributed by atoms with E-state index in [0.29, 0.717) is 16.9 Å². The molecule has 0 aliphatic carbocycles. The Hall–Kier alpha value is -1.32. The summed E-state index contributed by atoms with van der Waals surface area (Å²) in [7, 11) is 1.45. The Bertz CT molecular complexity index is 644. The van der Waals surface area contributed by atoms with Crippen LogP contribution in [0.5, 0.6) is 5.75 Å². The quantitative estimate of drug-likeness (QED) is 0.701. The molecule has 0 bridgehead atoms. The number of alkyl halides is 1.